The molecule has 1 aliphatic heterocycles. The number of aromatic nitrogens is 1. The van der Waals surface area contributed by atoms with Gasteiger partial charge in [0.2, 0.25) is 0 Å². The molecule has 90 valence electrons. The number of piperidine rings is 1. The maximum absolute atomic E-state index is 11.4. The molecule has 1 aromatic heterocycles. The second-order valence-corrected chi connectivity index (χ2v) is 4.20. The number of hydrogen-bond donors (Lipinski definition) is 0. The van der Waals surface area contributed by atoms with Crippen LogP contribution in [-0.4, -0.2) is 28.8 Å². The summed E-state index contributed by atoms with van der Waals surface area (Å²) in [5.74, 6) is 0.957. The summed E-state index contributed by atoms with van der Waals surface area (Å²) in [5, 5.41) is 10.5. The van der Waals surface area contributed by atoms with Crippen LogP contribution in [0.2, 0.25) is 0 Å². The fraction of sp³-hybridized carbons (Fsp3) is 0.455. The molecule has 6 nitrogen and oxygen atoms in total. The predicted molar refractivity (Wildman–Crippen MR) is 61.9 cm³/mol. The number of nitrogens with zero attached hydrogens (tertiary/aromatic N) is 3. The number of Topliss-reactive ketones (excluding diaryl/α,β-unsaturated/α-hetero) is 1. The fourth-order valence-corrected chi connectivity index (χ4v) is 1.90. The van der Waals surface area contributed by atoms with Crippen molar-refractivity contribution in [3.63, 3.8) is 0 Å². The van der Waals surface area contributed by atoms with Gasteiger partial charge in [-0.25, -0.2) is 4.98 Å². The third kappa shape index (κ3) is 2.41. The number of rotatable bonds is 2. The number of carbonyl (C=O) groups is 1. The first-order valence-corrected chi connectivity index (χ1v) is 5.46. The SMILES string of the molecule is CC1CN(c2ccc([N+](=O)[O-])cn2)CCC1=O. The van der Waals surface area contributed by atoms with Crippen LogP contribution in [0.25, 0.3) is 0 Å². The zero-order chi connectivity index (χ0) is 12.4. The first-order valence-electron chi connectivity index (χ1n) is 5.46. The Kier molecular flexibility index (Phi) is 3.03. The zero-order valence-corrected chi connectivity index (χ0v) is 9.50. The number of pyridine rings is 1. The van der Waals surface area contributed by atoms with Crippen molar-refractivity contribution in [2.75, 3.05) is 18.0 Å². The smallest absolute Gasteiger partial charge is 0.287 e. The second kappa shape index (κ2) is 4.48. The van der Waals surface area contributed by atoms with E-state index >= 15 is 0 Å². The van der Waals surface area contributed by atoms with Gasteiger partial charge in [0.05, 0.1) is 4.92 Å². The van der Waals surface area contributed by atoms with Crippen LogP contribution in [0, 0.1) is 16.0 Å². The fourth-order valence-electron chi connectivity index (χ4n) is 1.90. The van der Waals surface area contributed by atoms with Gasteiger partial charge in [-0.1, -0.05) is 6.92 Å². The van der Waals surface area contributed by atoms with Crippen LogP contribution in [0.5, 0.6) is 0 Å². The molecule has 2 rings (SSSR count). The van der Waals surface area contributed by atoms with Crippen molar-refractivity contribution in [1.29, 1.82) is 0 Å². The maximum atomic E-state index is 11.4. The van der Waals surface area contributed by atoms with Crippen LogP contribution < -0.4 is 4.90 Å². The first-order chi connectivity index (χ1) is 8.08. The minimum atomic E-state index is -0.473. The molecule has 1 aromatic rings. The van der Waals surface area contributed by atoms with E-state index in [0.717, 1.165) is 0 Å². The van der Waals surface area contributed by atoms with Gasteiger partial charge in [-0.15, -0.1) is 0 Å². The molecule has 0 aliphatic carbocycles. The minimum absolute atomic E-state index is 0.000687. The summed E-state index contributed by atoms with van der Waals surface area (Å²) in [4.78, 5) is 27.4. The normalized spacial score (nSPS) is 20.4. The highest BCUT2D eigenvalue weighted by Gasteiger charge is 2.24. The van der Waals surface area contributed by atoms with Crippen molar-refractivity contribution in [3.05, 3.63) is 28.4 Å². The topological polar surface area (TPSA) is 76.3 Å². The van der Waals surface area contributed by atoms with Gasteiger partial charge in [0.25, 0.3) is 5.69 Å². The Morgan fingerprint density at radius 2 is 2.29 bits per heavy atom. The number of hydrogen-bond acceptors (Lipinski definition) is 5. The maximum Gasteiger partial charge on any atom is 0.287 e. The average Bonchev–Trinajstić information content (AvgIpc) is 2.33. The summed E-state index contributed by atoms with van der Waals surface area (Å²) in [6, 6.07) is 3.06. The molecule has 2 heterocycles. The van der Waals surface area contributed by atoms with E-state index in [1.165, 1.54) is 12.3 Å². The van der Waals surface area contributed by atoms with Crippen molar-refractivity contribution in [3.8, 4) is 0 Å². The van der Waals surface area contributed by atoms with Gasteiger partial charge in [-0.3, -0.25) is 14.9 Å². The van der Waals surface area contributed by atoms with Crippen molar-refractivity contribution < 1.29 is 9.72 Å². The third-order valence-electron chi connectivity index (χ3n) is 2.94. The quantitative estimate of drug-likeness (QED) is 0.572. The van der Waals surface area contributed by atoms with Crippen LogP contribution in [0.4, 0.5) is 11.5 Å². The molecule has 6 heteroatoms. The summed E-state index contributed by atoms with van der Waals surface area (Å²) < 4.78 is 0. The molecule has 0 bridgehead atoms. The Labute approximate surface area is 98.4 Å². The Morgan fingerprint density at radius 3 is 2.82 bits per heavy atom. The van der Waals surface area contributed by atoms with E-state index in [1.807, 2.05) is 11.8 Å². The van der Waals surface area contributed by atoms with E-state index in [2.05, 4.69) is 4.98 Å². The second-order valence-electron chi connectivity index (χ2n) is 4.20. The summed E-state index contributed by atoms with van der Waals surface area (Å²) in [5.41, 5.74) is -0.0186. The highest BCUT2D eigenvalue weighted by Crippen LogP contribution is 2.20. The molecule has 0 radical (unpaired) electrons. The van der Waals surface area contributed by atoms with Crippen LogP contribution >= 0.6 is 0 Å². The van der Waals surface area contributed by atoms with Crippen molar-refractivity contribution >= 4 is 17.3 Å². The number of ketones is 1. The largest absolute Gasteiger partial charge is 0.355 e. The molecule has 0 spiro atoms. The lowest BCUT2D eigenvalue weighted by Gasteiger charge is -2.30. The van der Waals surface area contributed by atoms with Gasteiger partial charge in [-0.2, -0.15) is 0 Å². The predicted octanol–water partition coefficient (Wildman–Crippen LogP) is 1.41. The van der Waals surface area contributed by atoms with Crippen molar-refractivity contribution in [2.45, 2.75) is 13.3 Å². The lowest BCUT2D eigenvalue weighted by atomic mass is 9.99. The summed E-state index contributed by atoms with van der Waals surface area (Å²) in [7, 11) is 0. The Balaban J connectivity index is 2.12. The van der Waals surface area contributed by atoms with Crippen molar-refractivity contribution in [2.24, 2.45) is 5.92 Å². The summed E-state index contributed by atoms with van der Waals surface area (Å²) >= 11 is 0. The van der Waals surface area contributed by atoms with Gasteiger partial charge >= 0.3 is 0 Å². The van der Waals surface area contributed by atoms with Gasteiger partial charge in [0.1, 0.15) is 17.8 Å². The van der Waals surface area contributed by atoms with Gasteiger partial charge in [-0.05, 0) is 6.07 Å². The highest BCUT2D eigenvalue weighted by molar-refractivity contribution is 5.83. The van der Waals surface area contributed by atoms with Crippen LogP contribution in [-0.2, 0) is 4.79 Å². The van der Waals surface area contributed by atoms with E-state index in [4.69, 9.17) is 0 Å². The molecule has 1 fully saturated rings. The Hall–Kier alpha value is -1.98. The zero-order valence-electron chi connectivity index (χ0n) is 9.50. The molecule has 1 unspecified atom stereocenters. The monoisotopic (exact) mass is 235 g/mol. The molecular formula is C11H13N3O3. The van der Waals surface area contributed by atoms with Crippen LogP contribution in [0.15, 0.2) is 18.3 Å². The number of nitro groups is 1. The molecule has 1 saturated heterocycles. The van der Waals surface area contributed by atoms with Crippen molar-refractivity contribution in [1.82, 2.24) is 4.98 Å². The lowest BCUT2D eigenvalue weighted by Crippen LogP contribution is -2.39. The molecule has 0 saturated carbocycles. The molecule has 1 aliphatic rings. The van der Waals surface area contributed by atoms with E-state index in [-0.39, 0.29) is 17.4 Å². The van der Waals surface area contributed by atoms with E-state index in [0.29, 0.717) is 25.3 Å². The minimum Gasteiger partial charge on any atom is -0.355 e. The molecule has 0 N–H and O–H groups in total. The van der Waals surface area contributed by atoms with E-state index in [1.54, 1.807) is 6.07 Å². The molecule has 0 aromatic carbocycles. The first kappa shape index (κ1) is 11.5. The standard InChI is InChI=1S/C11H13N3O3/c1-8-7-13(5-4-10(8)15)11-3-2-9(6-12-11)14(16)17/h2-3,6,8H,4-5,7H2,1H3. The Morgan fingerprint density at radius 1 is 1.53 bits per heavy atom. The average molecular weight is 235 g/mol. The molecule has 17 heavy (non-hydrogen) atoms. The lowest BCUT2D eigenvalue weighted by molar-refractivity contribution is -0.385. The number of anilines is 1. The van der Waals surface area contributed by atoms with Crippen LogP contribution in [0.3, 0.4) is 0 Å². The highest BCUT2D eigenvalue weighted by atomic mass is 16.6. The van der Waals surface area contributed by atoms with E-state index in [9.17, 15) is 14.9 Å². The third-order valence-corrected chi connectivity index (χ3v) is 2.94. The van der Waals surface area contributed by atoms with E-state index < -0.39 is 4.92 Å². The van der Waals surface area contributed by atoms with Gasteiger partial charge in [0.15, 0.2) is 0 Å². The summed E-state index contributed by atoms with van der Waals surface area (Å²) in [6.45, 7) is 3.15. The van der Waals surface area contributed by atoms with Gasteiger partial charge in [0, 0.05) is 31.5 Å². The molecular weight excluding hydrogens is 222 g/mol. The van der Waals surface area contributed by atoms with Crippen LogP contribution in [0.1, 0.15) is 13.3 Å². The number of carbonyl (C=O) groups excluding carboxylic acids is 1. The summed E-state index contributed by atoms with van der Waals surface area (Å²) in [6.07, 6.45) is 1.76. The Bertz CT molecular complexity index is 444. The molecule has 0 amide bonds. The molecule has 1 atom stereocenters. The van der Waals surface area contributed by atoms with Gasteiger partial charge < -0.3 is 4.90 Å².